The highest BCUT2D eigenvalue weighted by Crippen LogP contribution is 2.31. The number of rotatable bonds is 9. The van der Waals surface area contributed by atoms with Crippen molar-refractivity contribution in [1.82, 2.24) is 30.1 Å². The van der Waals surface area contributed by atoms with Gasteiger partial charge in [-0.2, -0.15) is 0 Å². The largest absolute Gasteiger partial charge is 0.377 e. The van der Waals surface area contributed by atoms with Gasteiger partial charge in [-0.25, -0.2) is 9.07 Å². The standard InChI is InChI=1S/C29H29FN6O2S/c1-19-5-2-6-21-15-25(29(37)31-26(19)21)27(28-32-33-34-36(28)16-20-9-11-22(30)12-10-20)35(17-23-7-3-13-38-23)18-24-8-4-14-39-24/h2,4-6,8-12,14-15,23,27H,3,7,13,16-18H2,1H3,(H,31,37)/t23-,27+/m0/s1. The molecule has 1 saturated heterocycles. The second-order valence-corrected chi connectivity index (χ2v) is 11.0. The molecule has 1 N–H and O–H groups in total. The molecular weight excluding hydrogens is 515 g/mol. The number of nitrogens with one attached hydrogen (secondary N) is 1. The molecule has 200 valence electrons. The number of aromatic amines is 1. The van der Waals surface area contributed by atoms with E-state index in [0.29, 0.717) is 31.0 Å². The van der Waals surface area contributed by atoms with Crippen LogP contribution >= 0.6 is 11.3 Å². The van der Waals surface area contributed by atoms with Crippen molar-refractivity contribution < 1.29 is 9.13 Å². The Kier molecular flexibility index (Phi) is 7.32. The Bertz CT molecular complexity index is 1610. The average Bonchev–Trinajstić information content (AvgIpc) is 3.71. The van der Waals surface area contributed by atoms with Gasteiger partial charge in [0.15, 0.2) is 5.82 Å². The van der Waals surface area contributed by atoms with Crippen molar-refractivity contribution in [3.05, 3.63) is 110 Å². The van der Waals surface area contributed by atoms with Gasteiger partial charge in [-0.05, 0) is 76.4 Å². The number of benzene rings is 2. The van der Waals surface area contributed by atoms with Crippen LogP contribution in [-0.4, -0.2) is 49.3 Å². The van der Waals surface area contributed by atoms with Gasteiger partial charge >= 0.3 is 0 Å². The van der Waals surface area contributed by atoms with Crippen molar-refractivity contribution in [2.45, 2.75) is 45.0 Å². The van der Waals surface area contributed by atoms with Gasteiger partial charge in [-0.3, -0.25) is 9.69 Å². The Morgan fingerprint density at radius 3 is 2.85 bits per heavy atom. The maximum atomic E-state index is 13.7. The van der Waals surface area contributed by atoms with Gasteiger partial charge in [-0.15, -0.1) is 16.4 Å². The summed E-state index contributed by atoms with van der Waals surface area (Å²) in [6.07, 6.45) is 2.03. The van der Waals surface area contributed by atoms with Crippen LogP contribution in [0.4, 0.5) is 4.39 Å². The fraction of sp³-hybridized carbons (Fsp3) is 0.310. The molecule has 0 radical (unpaired) electrons. The summed E-state index contributed by atoms with van der Waals surface area (Å²) in [5.74, 6) is 0.247. The molecule has 8 nitrogen and oxygen atoms in total. The molecule has 5 aromatic rings. The lowest BCUT2D eigenvalue weighted by Crippen LogP contribution is -2.39. The van der Waals surface area contributed by atoms with Crippen LogP contribution in [-0.2, 0) is 17.8 Å². The van der Waals surface area contributed by atoms with Gasteiger partial charge in [0.05, 0.1) is 18.2 Å². The summed E-state index contributed by atoms with van der Waals surface area (Å²) in [6, 6.07) is 17.8. The molecule has 3 aromatic heterocycles. The number of aromatic nitrogens is 5. The third-order valence-corrected chi connectivity index (χ3v) is 8.09. The summed E-state index contributed by atoms with van der Waals surface area (Å²) in [5.41, 5.74) is 3.07. The van der Waals surface area contributed by atoms with Gasteiger partial charge in [-0.1, -0.05) is 36.4 Å². The number of hydrogen-bond donors (Lipinski definition) is 1. The van der Waals surface area contributed by atoms with Gasteiger partial charge in [0.2, 0.25) is 0 Å². The number of nitrogens with zero attached hydrogens (tertiary/aromatic N) is 5. The minimum Gasteiger partial charge on any atom is -0.377 e. The monoisotopic (exact) mass is 544 g/mol. The fourth-order valence-electron chi connectivity index (χ4n) is 5.30. The number of para-hydroxylation sites is 1. The van der Waals surface area contributed by atoms with Gasteiger partial charge in [0.1, 0.15) is 11.9 Å². The molecule has 0 saturated carbocycles. The molecule has 0 spiro atoms. The molecule has 1 fully saturated rings. The van der Waals surface area contributed by atoms with Gasteiger partial charge in [0.25, 0.3) is 5.56 Å². The van der Waals surface area contributed by atoms with Crippen LogP contribution in [0.25, 0.3) is 10.9 Å². The number of thiophene rings is 1. The molecule has 10 heteroatoms. The minimum absolute atomic E-state index is 0.0515. The van der Waals surface area contributed by atoms with Crippen LogP contribution in [0, 0.1) is 12.7 Å². The predicted molar refractivity (Wildman–Crippen MR) is 148 cm³/mol. The summed E-state index contributed by atoms with van der Waals surface area (Å²) in [6.45, 7) is 4.30. The molecule has 0 aliphatic carbocycles. The van der Waals surface area contributed by atoms with E-state index in [1.165, 1.54) is 17.0 Å². The minimum atomic E-state index is -0.541. The Morgan fingerprint density at radius 2 is 2.08 bits per heavy atom. The second kappa shape index (κ2) is 11.2. The second-order valence-electron chi connectivity index (χ2n) is 9.96. The normalized spacial score (nSPS) is 16.3. The predicted octanol–water partition coefficient (Wildman–Crippen LogP) is 4.84. The van der Waals surface area contributed by atoms with E-state index in [1.807, 2.05) is 37.3 Å². The number of pyridine rings is 1. The Hall–Kier alpha value is -3.73. The first-order valence-electron chi connectivity index (χ1n) is 13.1. The van der Waals surface area contributed by atoms with E-state index in [-0.39, 0.29) is 17.5 Å². The molecule has 1 aliphatic rings. The first kappa shape index (κ1) is 25.5. The SMILES string of the molecule is Cc1cccc2cc([C@H](c3nnnn3Cc3ccc(F)cc3)N(Cc3cccs3)C[C@@H]3CCCO3)c(=O)[nH]c12. The van der Waals surface area contributed by atoms with E-state index in [1.54, 1.807) is 28.2 Å². The van der Waals surface area contributed by atoms with Gasteiger partial charge < -0.3 is 9.72 Å². The molecule has 4 heterocycles. The molecule has 0 amide bonds. The van der Waals surface area contributed by atoms with E-state index < -0.39 is 6.04 Å². The van der Waals surface area contributed by atoms with E-state index in [2.05, 4.69) is 36.9 Å². The van der Waals surface area contributed by atoms with Crippen molar-refractivity contribution in [2.24, 2.45) is 0 Å². The lowest BCUT2D eigenvalue weighted by Gasteiger charge is -2.32. The van der Waals surface area contributed by atoms with Crippen molar-refractivity contribution in [3.63, 3.8) is 0 Å². The van der Waals surface area contributed by atoms with Gasteiger partial charge in [0, 0.05) is 30.1 Å². The first-order chi connectivity index (χ1) is 19.0. The number of fused-ring (bicyclic) bond motifs is 1. The number of tetrazole rings is 1. The Morgan fingerprint density at radius 1 is 1.21 bits per heavy atom. The molecule has 2 aromatic carbocycles. The third-order valence-electron chi connectivity index (χ3n) is 7.23. The van der Waals surface area contributed by atoms with Crippen LogP contribution in [0.3, 0.4) is 0 Å². The summed E-state index contributed by atoms with van der Waals surface area (Å²) in [7, 11) is 0. The maximum absolute atomic E-state index is 13.7. The zero-order valence-corrected chi connectivity index (χ0v) is 22.4. The van der Waals surface area contributed by atoms with Crippen molar-refractivity contribution in [1.29, 1.82) is 0 Å². The Labute approximate surface area is 229 Å². The zero-order valence-electron chi connectivity index (χ0n) is 21.6. The highest BCUT2D eigenvalue weighted by Gasteiger charge is 2.33. The summed E-state index contributed by atoms with van der Waals surface area (Å²) < 4.78 is 21.3. The molecule has 0 bridgehead atoms. The molecular formula is C29H29FN6O2S. The van der Waals surface area contributed by atoms with E-state index in [4.69, 9.17) is 4.74 Å². The number of aryl methyl sites for hydroxylation is 1. The van der Waals surface area contributed by atoms with E-state index in [9.17, 15) is 9.18 Å². The molecule has 0 unspecified atom stereocenters. The lowest BCUT2D eigenvalue weighted by atomic mass is 10.0. The number of H-pyrrole nitrogens is 1. The number of halogens is 1. The smallest absolute Gasteiger partial charge is 0.253 e. The van der Waals surface area contributed by atoms with Crippen LogP contribution in [0.2, 0.25) is 0 Å². The van der Waals surface area contributed by atoms with E-state index >= 15 is 0 Å². The number of hydrogen-bond acceptors (Lipinski definition) is 7. The third kappa shape index (κ3) is 5.54. The highest BCUT2D eigenvalue weighted by atomic mass is 32.1. The van der Waals surface area contributed by atoms with Crippen LogP contribution in [0.15, 0.2) is 70.8 Å². The zero-order chi connectivity index (χ0) is 26.8. The fourth-order valence-corrected chi connectivity index (χ4v) is 6.03. The van der Waals surface area contributed by atoms with E-state index in [0.717, 1.165) is 41.5 Å². The lowest BCUT2D eigenvalue weighted by molar-refractivity contribution is 0.0578. The van der Waals surface area contributed by atoms with Crippen molar-refractivity contribution in [2.75, 3.05) is 13.2 Å². The average molecular weight is 545 g/mol. The van der Waals surface area contributed by atoms with Crippen LogP contribution in [0.5, 0.6) is 0 Å². The summed E-state index contributed by atoms with van der Waals surface area (Å²) in [4.78, 5) is 20.3. The molecule has 1 aliphatic heterocycles. The summed E-state index contributed by atoms with van der Waals surface area (Å²) in [5, 5.41) is 15.8. The highest BCUT2D eigenvalue weighted by molar-refractivity contribution is 7.09. The maximum Gasteiger partial charge on any atom is 0.253 e. The number of ether oxygens (including phenoxy) is 1. The molecule has 2 atom stereocenters. The molecule has 6 rings (SSSR count). The Balaban J connectivity index is 1.49. The van der Waals surface area contributed by atoms with Crippen LogP contribution < -0.4 is 5.56 Å². The topological polar surface area (TPSA) is 88.9 Å². The van der Waals surface area contributed by atoms with Crippen molar-refractivity contribution in [3.8, 4) is 0 Å². The van der Waals surface area contributed by atoms with Crippen molar-refractivity contribution >= 4 is 22.2 Å². The summed E-state index contributed by atoms with van der Waals surface area (Å²) >= 11 is 1.67. The first-order valence-corrected chi connectivity index (χ1v) is 13.9. The quantitative estimate of drug-likeness (QED) is 0.286. The van der Waals surface area contributed by atoms with Crippen LogP contribution in [0.1, 0.15) is 46.3 Å². The molecule has 39 heavy (non-hydrogen) atoms.